The second-order valence-electron chi connectivity index (χ2n) is 3.56. The van der Waals surface area contributed by atoms with Gasteiger partial charge >= 0.3 is 12.0 Å². The summed E-state index contributed by atoms with van der Waals surface area (Å²) in [5, 5.41) is 16.0. The van der Waals surface area contributed by atoms with Gasteiger partial charge in [0.1, 0.15) is 5.00 Å². The number of urea groups is 1. The van der Waals surface area contributed by atoms with Crippen LogP contribution in [-0.4, -0.2) is 17.1 Å². The van der Waals surface area contributed by atoms with Gasteiger partial charge in [-0.15, -0.1) is 11.3 Å². The average Bonchev–Trinajstić information content (AvgIpc) is 2.76. The maximum atomic E-state index is 11.7. The van der Waals surface area contributed by atoms with E-state index < -0.39 is 12.0 Å². The topological polar surface area (TPSA) is 78.4 Å². The second-order valence-corrected chi connectivity index (χ2v) is 5.39. The minimum atomic E-state index is -1.07. The monoisotopic (exact) mass is 340 g/mol. The number of carbonyl (C=O) groups excluding carboxylic acids is 1. The third-order valence-corrected chi connectivity index (χ3v) is 3.53. The Morgan fingerprint density at radius 1 is 1.21 bits per heavy atom. The van der Waals surface area contributed by atoms with Crippen molar-refractivity contribution in [1.29, 1.82) is 0 Å². The van der Waals surface area contributed by atoms with E-state index in [9.17, 15) is 9.59 Å². The lowest BCUT2D eigenvalue weighted by molar-refractivity contribution is 0.0698. The van der Waals surface area contributed by atoms with Crippen molar-refractivity contribution in [3.63, 3.8) is 0 Å². The molecule has 0 fully saturated rings. The summed E-state index contributed by atoms with van der Waals surface area (Å²) < 4.78 is 0.840. The van der Waals surface area contributed by atoms with Crippen molar-refractivity contribution in [2.75, 3.05) is 10.6 Å². The van der Waals surface area contributed by atoms with E-state index in [1.807, 2.05) is 6.07 Å². The quantitative estimate of drug-likeness (QED) is 0.793. The number of rotatable bonds is 3. The summed E-state index contributed by atoms with van der Waals surface area (Å²) in [5.41, 5.74) is 0.690. The molecule has 0 saturated carbocycles. The van der Waals surface area contributed by atoms with Crippen molar-refractivity contribution < 1.29 is 14.7 Å². The minimum absolute atomic E-state index is 0.0781. The SMILES string of the molecule is O=C(Nc1cccc(Br)c1)Nc1sccc1C(=O)O. The number of carbonyl (C=O) groups is 2. The molecular weight excluding hydrogens is 332 g/mol. The fourth-order valence-corrected chi connectivity index (χ4v) is 2.58. The summed E-state index contributed by atoms with van der Waals surface area (Å²) in [7, 11) is 0. The maximum absolute atomic E-state index is 11.7. The van der Waals surface area contributed by atoms with Crippen LogP contribution in [0.2, 0.25) is 0 Å². The molecule has 0 atom stereocenters. The predicted molar refractivity (Wildman–Crippen MR) is 78.1 cm³/mol. The molecule has 0 bridgehead atoms. The average molecular weight is 341 g/mol. The van der Waals surface area contributed by atoms with Crippen molar-refractivity contribution in [3.8, 4) is 0 Å². The van der Waals surface area contributed by atoms with Gasteiger partial charge in [-0.25, -0.2) is 9.59 Å². The summed E-state index contributed by atoms with van der Waals surface area (Å²) in [6, 6.07) is 8.06. The maximum Gasteiger partial charge on any atom is 0.338 e. The fourth-order valence-electron chi connectivity index (χ4n) is 1.41. The van der Waals surface area contributed by atoms with Crippen LogP contribution in [0.15, 0.2) is 40.2 Å². The number of hydrogen-bond donors (Lipinski definition) is 3. The highest BCUT2D eigenvalue weighted by molar-refractivity contribution is 9.10. The van der Waals surface area contributed by atoms with Gasteiger partial charge in [-0.3, -0.25) is 5.32 Å². The predicted octanol–water partition coefficient (Wildman–Crippen LogP) is 3.85. The Morgan fingerprint density at radius 2 is 2.00 bits per heavy atom. The van der Waals surface area contributed by atoms with E-state index in [2.05, 4.69) is 26.6 Å². The van der Waals surface area contributed by atoms with Gasteiger partial charge in [-0.2, -0.15) is 0 Å². The molecule has 0 saturated heterocycles. The summed E-state index contributed by atoms with van der Waals surface area (Å²) in [5.74, 6) is -1.07. The molecule has 1 aromatic carbocycles. The van der Waals surface area contributed by atoms with Gasteiger partial charge in [-0.1, -0.05) is 22.0 Å². The van der Waals surface area contributed by atoms with Gasteiger partial charge in [0.2, 0.25) is 0 Å². The molecule has 2 amide bonds. The summed E-state index contributed by atoms with van der Waals surface area (Å²) in [6.45, 7) is 0. The highest BCUT2D eigenvalue weighted by atomic mass is 79.9. The number of nitrogens with one attached hydrogen (secondary N) is 2. The first kappa shape index (κ1) is 13.6. The Bertz CT molecular complexity index is 627. The van der Waals surface area contributed by atoms with Crippen LogP contribution in [0.4, 0.5) is 15.5 Å². The van der Waals surface area contributed by atoms with E-state index in [1.165, 1.54) is 6.07 Å². The van der Waals surface area contributed by atoms with Crippen LogP contribution in [-0.2, 0) is 0 Å². The molecule has 1 heterocycles. The van der Waals surface area contributed by atoms with Crippen molar-refractivity contribution >= 4 is 50.0 Å². The molecule has 0 aliphatic rings. The van der Waals surface area contributed by atoms with Gasteiger partial charge < -0.3 is 10.4 Å². The van der Waals surface area contributed by atoms with E-state index in [4.69, 9.17) is 5.11 Å². The molecule has 0 spiro atoms. The smallest absolute Gasteiger partial charge is 0.338 e. The number of amides is 2. The molecule has 7 heteroatoms. The Balaban J connectivity index is 2.05. The van der Waals surface area contributed by atoms with Crippen LogP contribution in [0.5, 0.6) is 0 Å². The van der Waals surface area contributed by atoms with Crippen LogP contribution in [0, 0.1) is 0 Å². The molecule has 98 valence electrons. The largest absolute Gasteiger partial charge is 0.478 e. The number of anilines is 2. The second kappa shape index (κ2) is 5.85. The van der Waals surface area contributed by atoms with E-state index in [-0.39, 0.29) is 5.56 Å². The first-order valence-corrected chi connectivity index (χ1v) is 6.88. The number of carboxylic acid groups (broad SMARTS) is 1. The summed E-state index contributed by atoms with van der Waals surface area (Å²) in [6.07, 6.45) is 0. The number of carboxylic acids is 1. The third-order valence-electron chi connectivity index (χ3n) is 2.21. The first-order valence-electron chi connectivity index (χ1n) is 5.20. The first-order chi connectivity index (χ1) is 9.06. The number of benzene rings is 1. The molecule has 19 heavy (non-hydrogen) atoms. The van der Waals surface area contributed by atoms with Gasteiger partial charge in [0.05, 0.1) is 5.56 Å². The van der Waals surface area contributed by atoms with Crippen molar-refractivity contribution in [3.05, 3.63) is 45.7 Å². The van der Waals surface area contributed by atoms with E-state index >= 15 is 0 Å². The van der Waals surface area contributed by atoms with Gasteiger partial charge in [0.15, 0.2) is 0 Å². The third kappa shape index (κ3) is 3.55. The molecule has 2 rings (SSSR count). The van der Waals surface area contributed by atoms with Gasteiger partial charge in [0.25, 0.3) is 0 Å². The molecule has 2 aromatic rings. The van der Waals surface area contributed by atoms with Gasteiger partial charge in [-0.05, 0) is 29.6 Å². The van der Waals surface area contributed by atoms with Crippen LogP contribution in [0.1, 0.15) is 10.4 Å². The Labute approximate surface area is 121 Å². The Kier molecular flexibility index (Phi) is 4.18. The Morgan fingerprint density at radius 3 is 2.68 bits per heavy atom. The lowest BCUT2D eigenvalue weighted by Crippen LogP contribution is -2.19. The molecule has 5 nitrogen and oxygen atoms in total. The molecule has 3 N–H and O–H groups in total. The Hall–Kier alpha value is -1.86. The van der Waals surface area contributed by atoms with Crippen molar-refractivity contribution in [2.24, 2.45) is 0 Å². The van der Waals surface area contributed by atoms with Crippen LogP contribution in [0.25, 0.3) is 0 Å². The van der Waals surface area contributed by atoms with Crippen molar-refractivity contribution in [1.82, 2.24) is 0 Å². The normalized spacial score (nSPS) is 9.95. The number of aromatic carboxylic acids is 1. The molecule has 0 aliphatic carbocycles. The number of thiophene rings is 1. The number of hydrogen-bond acceptors (Lipinski definition) is 3. The highest BCUT2D eigenvalue weighted by Gasteiger charge is 2.13. The standard InChI is InChI=1S/C12H9BrN2O3S/c13-7-2-1-3-8(6-7)14-12(18)15-10-9(11(16)17)4-5-19-10/h1-6H,(H,16,17)(H2,14,15,18). The van der Waals surface area contributed by atoms with Gasteiger partial charge in [0, 0.05) is 10.2 Å². The lowest BCUT2D eigenvalue weighted by Gasteiger charge is -2.07. The fraction of sp³-hybridized carbons (Fsp3) is 0. The summed E-state index contributed by atoms with van der Waals surface area (Å²) >= 11 is 4.45. The molecular formula is C12H9BrN2O3S. The molecule has 0 aliphatic heterocycles. The molecule has 0 unspecified atom stereocenters. The minimum Gasteiger partial charge on any atom is -0.478 e. The lowest BCUT2D eigenvalue weighted by atomic mass is 10.3. The zero-order valence-electron chi connectivity index (χ0n) is 9.51. The van der Waals surface area contributed by atoms with Crippen LogP contribution < -0.4 is 10.6 Å². The van der Waals surface area contributed by atoms with Crippen LogP contribution >= 0.6 is 27.3 Å². The highest BCUT2D eigenvalue weighted by Crippen LogP contribution is 2.23. The van der Waals surface area contributed by atoms with E-state index in [0.717, 1.165) is 15.8 Å². The van der Waals surface area contributed by atoms with Crippen LogP contribution in [0.3, 0.4) is 0 Å². The van der Waals surface area contributed by atoms with Crippen molar-refractivity contribution in [2.45, 2.75) is 0 Å². The van der Waals surface area contributed by atoms with E-state index in [1.54, 1.807) is 23.6 Å². The van der Waals surface area contributed by atoms with E-state index in [0.29, 0.717) is 10.7 Å². The zero-order chi connectivity index (χ0) is 13.8. The summed E-state index contributed by atoms with van der Waals surface area (Å²) in [4.78, 5) is 22.6. The molecule has 0 radical (unpaired) electrons. The zero-order valence-corrected chi connectivity index (χ0v) is 11.9. The number of halogens is 1. The molecule has 1 aromatic heterocycles.